The van der Waals surface area contributed by atoms with Crippen LogP contribution >= 0.6 is 0 Å². The first kappa shape index (κ1) is 14.4. The summed E-state index contributed by atoms with van der Waals surface area (Å²) < 4.78 is 13.7. The molecule has 0 aliphatic rings. The quantitative estimate of drug-likeness (QED) is 0.641. The summed E-state index contributed by atoms with van der Waals surface area (Å²) in [5.41, 5.74) is 2.79. The predicted molar refractivity (Wildman–Crippen MR) is 77.3 cm³/mol. The first-order valence-electron chi connectivity index (χ1n) is 6.53. The Morgan fingerprint density at radius 3 is 2.06 bits per heavy atom. The molecule has 0 heterocycles. The number of benzene rings is 2. The van der Waals surface area contributed by atoms with Gasteiger partial charge < -0.3 is 0 Å². The second-order valence-corrected chi connectivity index (χ2v) is 4.26. The van der Waals surface area contributed by atoms with Crippen LogP contribution in [0.25, 0.3) is 11.1 Å². The smallest absolute Gasteiger partial charge is 0.131 e. The van der Waals surface area contributed by atoms with Crippen molar-refractivity contribution in [3.8, 4) is 11.1 Å². The van der Waals surface area contributed by atoms with Crippen molar-refractivity contribution in [2.24, 2.45) is 0 Å². The molecule has 96 valence electrons. The molecule has 0 spiro atoms. The van der Waals surface area contributed by atoms with Gasteiger partial charge in [0.05, 0.1) is 0 Å². The summed E-state index contributed by atoms with van der Waals surface area (Å²) in [4.78, 5) is 0. The van der Waals surface area contributed by atoms with Crippen molar-refractivity contribution in [3.63, 3.8) is 0 Å². The first-order chi connectivity index (χ1) is 8.68. The van der Waals surface area contributed by atoms with Crippen LogP contribution in [0.15, 0.2) is 48.5 Å². The highest BCUT2D eigenvalue weighted by atomic mass is 19.1. The lowest BCUT2D eigenvalue weighted by Crippen LogP contribution is -1.91. The highest BCUT2D eigenvalue weighted by Gasteiger charge is 2.07. The zero-order valence-corrected chi connectivity index (χ0v) is 11.6. The fourth-order valence-electron chi connectivity index (χ4n) is 1.74. The molecule has 2 rings (SSSR count). The maximum Gasteiger partial charge on any atom is 0.131 e. The summed E-state index contributed by atoms with van der Waals surface area (Å²) in [5.74, 6) is 0.263. The summed E-state index contributed by atoms with van der Waals surface area (Å²) in [5, 5.41) is 0. The van der Waals surface area contributed by atoms with Crippen LogP contribution in [0.1, 0.15) is 39.2 Å². The molecule has 0 bridgehead atoms. The zero-order chi connectivity index (χ0) is 13.5. The van der Waals surface area contributed by atoms with Crippen LogP contribution in [0.5, 0.6) is 0 Å². The molecule has 0 atom stereocenters. The minimum Gasteiger partial charge on any atom is -0.206 e. The van der Waals surface area contributed by atoms with Gasteiger partial charge >= 0.3 is 0 Å². The Morgan fingerprint density at radius 1 is 0.889 bits per heavy atom. The van der Waals surface area contributed by atoms with Crippen LogP contribution < -0.4 is 0 Å². The van der Waals surface area contributed by atoms with Crippen molar-refractivity contribution in [1.82, 2.24) is 0 Å². The largest absolute Gasteiger partial charge is 0.206 e. The fraction of sp³-hybridized carbons (Fsp3) is 0.294. The summed E-state index contributed by atoms with van der Waals surface area (Å²) in [7, 11) is 0. The van der Waals surface area contributed by atoms with Crippen molar-refractivity contribution in [3.05, 3.63) is 59.9 Å². The zero-order valence-electron chi connectivity index (χ0n) is 11.6. The number of halogens is 1. The van der Waals surface area contributed by atoms with E-state index in [9.17, 15) is 4.39 Å². The van der Waals surface area contributed by atoms with Crippen molar-refractivity contribution >= 4 is 0 Å². The topological polar surface area (TPSA) is 0 Å². The van der Waals surface area contributed by atoms with Crippen molar-refractivity contribution in [2.45, 2.75) is 33.6 Å². The third-order valence-electron chi connectivity index (χ3n) is 2.74. The van der Waals surface area contributed by atoms with E-state index in [1.54, 1.807) is 6.07 Å². The third kappa shape index (κ3) is 3.43. The highest BCUT2D eigenvalue weighted by molar-refractivity contribution is 5.64. The molecule has 1 heteroatoms. The Balaban J connectivity index is 0.000000771. The van der Waals surface area contributed by atoms with Gasteiger partial charge in [-0.25, -0.2) is 4.39 Å². The monoisotopic (exact) mass is 244 g/mol. The van der Waals surface area contributed by atoms with Crippen LogP contribution in [0.2, 0.25) is 0 Å². The van der Waals surface area contributed by atoms with Crippen LogP contribution in [-0.2, 0) is 0 Å². The van der Waals surface area contributed by atoms with Gasteiger partial charge in [0.2, 0.25) is 0 Å². The van der Waals surface area contributed by atoms with Gasteiger partial charge in [-0.1, -0.05) is 64.1 Å². The van der Waals surface area contributed by atoms with E-state index in [2.05, 4.69) is 13.8 Å². The Kier molecular flexibility index (Phi) is 5.57. The normalized spacial score (nSPS) is 9.89. The molecule has 2 aromatic carbocycles. The lowest BCUT2D eigenvalue weighted by atomic mass is 9.97. The standard InChI is InChI=1S/C15H15F.C2H6/c1-11(2)13-8-9-15(16)14(10-13)12-6-4-3-5-7-12;1-2/h3-11H,1-2H3;1-2H3. The second-order valence-electron chi connectivity index (χ2n) is 4.26. The minimum absolute atomic E-state index is 0.157. The van der Waals surface area contributed by atoms with Gasteiger partial charge in [0.25, 0.3) is 0 Å². The summed E-state index contributed by atoms with van der Waals surface area (Å²) in [6.45, 7) is 8.23. The molecule has 2 aromatic rings. The Hall–Kier alpha value is -1.63. The van der Waals surface area contributed by atoms with Crippen LogP contribution in [0.4, 0.5) is 4.39 Å². The third-order valence-corrected chi connectivity index (χ3v) is 2.74. The molecule has 0 saturated heterocycles. The van der Waals surface area contributed by atoms with E-state index < -0.39 is 0 Å². The Labute approximate surface area is 109 Å². The summed E-state index contributed by atoms with van der Waals surface area (Å²) in [6, 6.07) is 15.0. The van der Waals surface area contributed by atoms with Crippen molar-refractivity contribution in [2.75, 3.05) is 0 Å². The molecule has 0 fully saturated rings. The number of hydrogen-bond acceptors (Lipinski definition) is 0. The average molecular weight is 244 g/mol. The lowest BCUT2D eigenvalue weighted by Gasteiger charge is -2.09. The van der Waals surface area contributed by atoms with Crippen LogP contribution in [-0.4, -0.2) is 0 Å². The predicted octanol–water partition coefficient (Wildman–Crippen LogP) is 5.64. The maximum absolute atomic E-state index is 13.7. The van der Waals surface area contributed by atoms with Crippen molar-refractivity contribution < 1.29 is 4.39 Å². The lowest BCUT2D eigenvalue weighted by molar-refractivity contribution is 0.630. The molecule has 0 radical (unpaired) electrons. The molecule has 0 N–H and O–H groups in total. The Morgan fingerprint density at radius 2 is 1.50 bits per heavy atom. The molecule has 0 aromatic heterocycles. The van der Waals surface area contributed by atoms with E-state index in [0.717, 1.165) is 5.56 Å². The number of rotatable bonds is 2. The SMILES string of the molecule is CC.CC(C)c1ccc(F)c(-c2ccccc2)c1. The van der Waals surface area contributed by atoms with E-state index in [1.807, 2.05) is 56.3 Å². The number of hydrogen-bond donors (Lipinski definition) is 0. The van der Waals surface area contributed by atoms with E-state index in [-0.39, 0.29) is 5.82 Å². The molecule has 0 nitrogen and oxygen atoms in total. The highest BCUT2D eigenvalue weighted by Crippen LogP contribution is 2.26. The fourth-order valence-corrected chi connectivity index (χ4v) is 1.74. The van der Waals surface area contributed by atoms with Gasteiger partial charge in [0.15, 0.2) is 0 Å². The van der Waals surface area contributed by atoms with Gasteiger partial charge in [0.1, 0.15) is 5.82 Å². The van der Waals surface area contributed by atoms with Crippen LogP contribution in [0.3, 0.4) is 0 Å². The molecule has 0 saturated carbocycles. The van der Waals surface area contributed by atoms with Crippen molar-refractivity contribution in [1.29, 1.82) is 0 Å². The molecular formula is C17H21F. The maximum atomic E-state index is 13.7. The molecule has 0 amide bonds. The Bertz CT molecular complexity index is 472. The molecular weight excluding hydrogens is 223 g/mol. The average Bonchev–Trinajstić information content (AvgIpc) is 2.42. The van der Waals surface area contributed by atoms with Gasteiger partial charge in [-0.05, 0) is 29.2 Å². The van der Waals surface area contributed by atoms with Gasteiger partial charge in [-0.15, -0.1) is 0 Å². The molecule has 0 aliphatic carbocycles. The van der Waals surface area contributed by atoms with E-state index in [4.69, 9.17) is 0 Å². The second kappa shape index (κ2) is 6.95. The minimum atomic E-state index is -0.157. The van der Waals surface area contributed by atoms with Crippen LogP contribution in [0, 0.1) is 5.82 Å². The summed E-state index contributed by atoms with van der Waals surface area (Å²) >= 11 is 0. The summed E-state index contributed by atoms with van der Waals surface area (Å²) in [6.07, 6.45) is 0. The van der Waals surface area contributed by atoms with Gasteiger partial charge in [-0.3, -0.25) is 0 Å². The van der Waals surface area contributed by atoms with E-state index in [1.165, 1.54) is 5.56 Å². The molecule has 0 aliphatic heterocycles. The first-order valence-corrected chi connectivity index (χ1v) is 6.53. The van der Waals surface area contributed by atoms with Gasteiger partial charge in [0, 0.05) is 5.56 Å². The van der Waals surface area contributed by atoms with E-state index in [0.29, 0.717) is 11.5 Å². The van der Waals surface area contributed by atoms with Gasteiger partial charge in [-0.2, -0.15) is 0 Å². The van der Waals surface area contributed by atoms with E-state index >= 15 is 0 Å². The molecule has 0 unspecified atom stereocenters. The molecule has 18 heavy (non-hydrogen) atoms.